The van der Waals surface area contributed by atoms with Crippen LogP contribution in [-0.4, -0.2) is 135 Å². The molecule has 9 rings (SSSR count). The van der Waals surface area contributed by atoms with E-state index in [1.807, 2.05) is 55.3 Å². The van der Waals surface area contributed by atoms with Gasteiger partial charge in [-0.3, -0.25) is 14.5 Å². The van der Waals surface area contributed by atoms with Gasteiger partial charge in [-0.2, -0.15) is 0 Å². The summed E-state index contributed by atoms with van der Waals surface area (Å²) in [6.07, 6.45) is 6.10. The van der Waals surface area contributed by atoms with Crippen molar-refractivity contribution in [2.45, 2.75) is 80.6 Å². The minimum Gasteiger partial charge on any atom is -0.496 e. The van der Waals surface area contributed by atoms with Gasteiger partial charge in [0.1, 0.15) is 17.1 Å². The van der Waals surface area contributed by atoms with E-state index in [0.717, 1.165) is 52.9 Å². The van der Waals surface area contributed by atoms with Crippen LogP contribution in [0.3, 0.4) is 0 Å². The third-order valence-corrected chi connectivity index (χ3v) is 15.9. The van der Waals surface area contributed by atoms with Crippen molar-refractivity contribution < 1.29 is 43.5 Å². The van der Waals surface area contributed by atoms with E-state index in [2.05, 4.69) is 33.8 Å². The zero-order valence-electron chi connectivity index (χ0n) is 35.2. The van der Waals surface area contributed by atoms with Gasteiger partial charge in [0.05, 0.1) is 40.6 Å². The number of piperidine rings is 1. The van der Waals surface area contributed by atoms with Crippen LogP contribution < -0.4 is 9.64 Å². The number of H-pyrrole nitrogens is 1. The lowest BCUT2D eigenvalue weighted by molar-refractivity contribution is -0.209. The average molecular weight is 811 g/mol. The molecule has 13 nitrogen and oxygen atoms in total. The number of carbonyl (C=O) groups excluding carboxylic acids is 3. The van der Waals surface area contributed by atoms with Gasteiger partial charge < -0.3 is 43.9 Å². The molecular formula is C46H58N4O9. The first-order valence-corrected chi connectivity index (χ1v) is 21.2. The van der Waals surface area contributed by atoms with Crippen molar-refractivity contribution in [1.29, 1.82) is 0 Å². The third kappa shape index (κ3) is 5.01. The van der Waals surface area contributed by atoms with Gasteiger partial charge >= 0.3 is 17.9 Å². The number of likely N-dealkylation sites (N-methyl/N-ethyl adjacent to an activating group) is 1. The van der Waals surface area contributed by atoms with E-state index >= 15 is 4.79 Å². The first-order chi connectivity index (χ1) is 28.4. The fraction of sp³-hybridized carbons (Fsp3) is 0.587. The molecule has 2 aromatic carbocycles. The second kappa shape index (κ2) is 14.1. The summed E-state index contributed by atoms with van der Waals surface area (Å²) in [5.74, 6) is -3.18. The molecule has 316 valence electrons. The number of ether oxygens (including phenoxy) is 4. The molecule has 6 heterocycles. The molecule has 6 aliphatic rings. The van der Waals surface area contributed by atoms with Crippen LogP contribution in [0.15, 0.2) is 48.6 Å². The summed E-state index contributed by atoms with van der Waals surface area (Å²) in [4.78, 5) is 54.4. The smallest absolute Gasteiger partial charge is 0.341 e. The first-order valence-electron chi connectivity index (χ1n) is 21.2. The molecule has 1 spiro atoms. The predicted octanol–water partition coefficient (Wildman–Crippen LogP) is 3.70. The summed E-state index contributed by atoms with van der Waals surface area (Å²) in [6.45, 7) is 7.54. The van der Waals surface area contributed by atoms with E-state index < -0.39 is 57.8 Å². The third-order valence-electron chi connectivity index (χ3n) is 15.9. The SMILES string of the molecule is CCC1CN2CCc3c([nH]c4ccccc34)C(C(=O)OC)(c3cc4c(cc3OC)N(C)C3C(O)(C(=O)OC)C(C(=O)OC)C5(CC)C=CCN6CCC43C65)CC(C2)C1O. The van der Waals surface area contributed by atoms with Crippen LogP contribution in [0.2, 0.25) is 0 Å². The van der Waals surface area contributed by atoms with Crippen molar-refractivity contribution in [2.75, 3.05) is 73.1 Å². The second-order valence-corrected chi connectivity index (χ2v) is 18.0. The Bertz CT molecular complexity index is 2240. The molecule has 0 amide bonds. The van der Waals surface area contributed by atoms with Crippen molar-refractivity contribution in [3.63, 3.8) is 0 Å². The highest BCUT2D eigenvalue weighted by molar-refractivity contribution is 5.96. The van der Waals surface area contributed by atoms with E-state index in [9.17, 15) is 19.8 Å². The highest BCUT2D eigenvalue weighted by Crippen LogP contribution is 2.69. The summed E-state index contributed by atoms with van der Waals surface area (Å²) >= 11 is 0. The van der Waals surface area contributed by atoms with Crippen molar-refractivity contribution >= 4 is 34.5 Å². The number of fused-ring (bicyclic) bond motifs is 6. The van der Waals surface area contributed by atoms with Crippen LogP contribution in [0.5, 0.6) is 5.75 Å². The molecule has 3 aromatic rings. The van der Waals surface area contributed by atoms with Crippen LogP contribution in [0, 0.1) is 23.2 Å². The predicted molar refractivity (Wildman–Crippen MR) is 220 cm³/mol. The van der Waals surface area contributed by atoms with Crippen molar-refractivity contribution in [3.05, 3.63) is 70.9 Å². The number of esters is 3. The van der Waals surface area contributed by atoms with Gasteiger partial charge in [-0.1, -0.05) is 44.2 Å². The number of hydrogen-bond donors (Lipinski definition) is 3. The Labute approximate surface area is 345 Å². The molecule has 2 bridgehead atoms. The molecule has 11 unspecified atom stereocenters. The number of aromatic amines is 1. The summed E-state index contributed by atoms with van der Waals surface area (Å²) in [6, 6.07) is 10.8. The van der Waals surface area contributed by atoms with E-state index in [0.29, 0.717) is 50.2 Å². The minimum atomic E-state index is -2.35. The Balaban J connectivity index is 1.37. The van der Waals surface area contributed by atoms with Crippen molar-refractivity contribution in [1.82, 2.24) is 14.8 Å². The van der Waals surface area contributed by atoms with Gasteiger partial charge in [0.15, 0.2) is 5.60 Å². The number of aliphatic hydroxyl groups excluding tert-OH is 1. The number of rotatable bonds is 7. The zero-order chi connectivity index (χ0) is 41.8. The Kier molecular flexibility index (Phi) is 9.54. The monoisotopic (exact) mass is 810 g/mol. The summed E-state index contributed by atoms with van der Waals surface area (Å²) < 4.78 is 23.2. The maximum atomic E-state index is 15.3. The van der Waals surface area contributed by atoms with Crippen LogP contribution >= 0.6 is 0 Å². The molecule has 2 saturated heterocycles. The summed E-state index contributed by atoms with van der Waals surface area (Å²) in [5, 5.41) is 26.5. The Morgan fingerprint density at radius 2 is 1.71 bits per heavy atom. The minimum absolute atomic E-state index is 0.0273. The molecule has 3 N–H and O–H groups in total. The largest absolute Gasteiger partial charge is 0.496 e. The number of hydrogen-bond acceptors (Lipinski definition) is 12. The number of nitrogens with one attached hydrogen (secondary N) is 1. The summed E-state index contributed by atoms with van der Waals surface area (Å²) in [7, 11) is 7.39. The molecular weight excluding hydrogens is 753 g/mol. The molecule has 0 radical (unpaired) electrons. The fourth-order valence-electron chi connectivity index (χ4n) is 13.7. The van der Waals surface area contributed by atoms with Gasteiger partial charge in [-0.15, -0.1) is 0 Å². The fourth-order valence-corrected chi connectivity index (χ4v) is 13.7. The number of carbonyl (C=O) groups is 3. The van der Waals surface area contributed by atoms with E-state index in [1.54, 1.807) is 7.11 Å². The average Bonchev–Trinajstić information content (AvgIpc) is 3.92. The Hall–Kier alpha value is -4.43. The standard InChI is InChI=1S/C46H58N4O9/c1-8-26-24-49-19-15-29-28-13-10-11-14-32(28)47-37(29)45(41(53)58-6,23-27(25-49)35(26)51)31-21-30-33(22-34(31)56-4)48(3)40-44(30)17-20-50-18-12-16-43(9-2,39(44)50)36(38(52)57-5)46(40,55)42(54)59-7/h10-14,16,21-22,26-27,35-36,39-40,47,51,55H,8-9,15,17-20,23-25H2,1-7H3. The Morgan fingerprint density at radius 3 is 2.41 bits per heavy atom. The Morgan fingerprint density at radius 1 is 0.949 bits per heavy atom. The number of nitrogens with zero attached hydrogens (tertiary/aromatic N) is 3. The first kappa shape index (κ1) is 40.0. The van der Waals surface area contributed by atoms with Crippen LogP contribution in [0.4, 0.5) is 5.69 Å². The second-order valence-electron chi connectivity index (χ2n) is 18.0. The van der Waals surface area contributed by atoms with Crippen LogP contribution in [-0.2, 0) is 45.8 Å². The molecule has 11 atom stereocenters. The van der Waals surface area contributed by atoms with Crippen molar-refractivity contribution in [3.8, 4) is 5.75 Å². The van der Waals surface area contributed by atoms with Crippen LogP contribution in [0.1, 0.15) is 61.9 Å². The molecule has 3 fully saturated rings. The molecule has 1 saturated carbocycles. The number of aromatic nitrogens is 1. The van der Waals surface area contributed by atoms with Gasteiger partial charge in [0, 0.05) is 84.0 Å². The lowest BCUT2D eigenvalue weighted by Crippen LogP contribution is -2.80. The normalized spacial score (nSPS) is 37.0. The van der Waals surface area contributed by atoms with E-state index in [-0.39, 0.29) is 24.3 Å². The molecule has 13 heteroatoms. The molecule has 5 aliphatic heterocycles. The van der Waals surface area contributed by atoms with Gasteiger partial charge in [-0.25, -0.2) is 4.79 Å². The zero-order valence-corrected chi connectivity index (χ0v) is 35.2. The highest BCUT2D eigenvalue weighted by Gasteiger charge is 2.80. The number of anilines is 1. The number of methoxy groups -OCH3 is 4. The molecule has 1 aliphatic carbocycles. The number of para-hydroxylation sites is 1. The number of benzene rings is 2. The maximum absolute atomic E-state index is 15.3. The van der Waals surface area contributed by atoms with Crippen molar-refractivity contribution in [2.24, 2.45) is 23.2 Å². The van der Waals surface area contributed by atoms with E-state index in [4.69, 9.17) is 18.9 Å². The lowest BCUT2D eigenvalue weighted by atomic mass is 9.44. The van der Waals surface area contributed by atoms with Crippen LogP contribution in [0.25, 0.3) is 10.9 Å². The maximum Gasteiger partial charge on any atom is 0.341 e. The molecule has 1 aromatic heterocycles. The molecule has 59 heavy (non-hydrogen) atoms. The topological polar surface area (TPSA) is 154 Å². The quantitative estimate of drug-likeness (QED) is 0.181. The van der Waals surface area contributed by atoms with Gasteiger partial charge in [-0.05, 0) is 73.7 Å². The van der Waals surface area contributed by atoms with E-state index in [1.165, 1.54) is 21.3 Å². The van der Waals surface area contributed by atoms with Gasteiger partial charge in [0.25, 0.3) is 0 Å². The van der Waals surface area contributed by atoms with Gasteiger partial charge in [0.2, 0.25) is 0 Å². The highest BCUT2D eigenvalue weighted by atomic mass is 16.5. The number of aliphatic hydroxyl groups is 2. The lowest BCUT2D eigenvalue weighted by Gasteiger charge is -2.63. The summed E-state index contributed by atoms with van der Waals surface area (Å²) in [5.41, 5.74) is -1.00.